The third-order valence-electron chi connectivity index (χ3n) is 3.55. The van der Waals surface area contributed by atoms with Gasteiger partial charge in [0.25, 0.3) is 0 Å². The summed E-state index contributed by atoms with van der Waals surface area (Å²) in [7, 11) is 1.60. The first-order valence-electron chi connectivity index (χ1n) is 8.11. The fourth-order valence-corrected chi connectivity index (χ4v) is 2.59. The summed E-state index contributed by atoms with van der Waals surface area (Å²) in [5.41, 5.74) is 1.24. The number of hydrogen-bond acceptors (Lipinski definition) is 8. The lowest BCUT2D eigenvalue weighted by atomic mass is 10.00. The number of aromatic nitrogens is 3. The number of benzene rings is 1. The number of methoxy groups -OCH3 is 1. The van der Waals surface area contributed by atoms with Crippen LogP contribution in [0.25, 0.3) is 5.70 Å². The van der Waals surface area contributed by atoms with Gasteiger partial charge in [-0.1, -0.05) is 12.1 Å². The SMILES string of the molecule is CC(=O)OC(C)=O.COc1cccc2c1NC(C)(O)C=C2n1ncnc1C. The Morgan fingerprint density at radius 1 is 1.26 bits per heavy atom. The summed E-state index contributed by atoms with van der Waals surface area (Å²) in [5, 5.41) is 17.7. The monoisotopic (exact) mass is 374 g/mol. The molecule has 9 heteroatoms. The maximum absolute atomic E-state index is 10.4. The van der Waals surface area contributed by atoms with Gasteiger partial charge < -0.3 is 19.9 Å². The van der Waals surface area contributed by atoms with Gasteiger partial charge in [0.2, 0.25) is 0 Å². The van der Waals surface area contributed by atoms with Crippen LogP contribution in [-0.4, -0.2) is 44.6 Å². The number of ether oxygens (including phenoxy) is 2. The van der Waals surface area contributed by atoms with Crippen molar-refractivity contribution < 1.29 is 24.2 Å². The first-order valence-corrected chi connectivity index (χ1v) is 8.11. The molecule has 2 N–H and O–H groups in total. The van der Waals surface area contributed by atoms with Gasteiger partial charge >= 0.3 is 11.9 Å². The summed E-state index contributed by atoms with van der Waals surface area (Å²) in [6, 6.07) is 5.70. The van der Waals surface area contributed by atoms with Gasteiger partial charge in [-0.05, 0) is 26.0 Å². The molecule has 3 rings (SSSR count). The van der Waals surface area contributed by atoms with E-state index in [1.807, 2.05) is 25.1 Å². The van der Waals surface area contributed by atoms with Crippen LogP contribution in [0.2, 0.25) is 0 Å². The van der Waals surface area contributed by atoms with E-state index in [1.165, 1.54) is 20.2 Å². The van der Waals surface area contributed by atoms with E-state index in [-0.39, 0.29) is 0 Å². The summed E-state index contributed by atoms with van der Waals surface area (Å²) >= 11 is 0. The van der Waals surface area contributed by atoms with Crippen molar-refractivity contribution in [3.63, 3.8) is 0 Å². The van der Waals surface area contributed by atoms with Crippen molar-refractivity contribution >= 4 is 23.3 Å². The second-order valence-electron chi connectivity index (χ2n) is 5.99. The number of para-hydroxylation sites is 1. The molecule has 0 saturated heterocycles. The molecule has 1 atom stereocenters. The Morgan fingerprint density at radius 3 is 2.41 bits per heavy atom. The molecule has 1 aromatic carbocycles. The van der Waals surface area contributed by atoms with Crippen LogP contribution in [0.5, 0.6) is 5.75 Å². The highest BCUT2D eigenvalue weighted by atomic mass is 16.6. The predicted molar refractivity (Wildman–Crippen MR) is 97.8 cm³/mol. The topological polar surface area (TPSA) is 116 Å². The minimum atomic E-state index is -1.19. The molecule has 0 spiro atoms. The zero-order valence-corrected chi connectivity index (χ0v) is 15.8. The van der Waals surface area contributed by atoms with Gasteiger partial charge in [-0.2, -0.15) is 5.10 Å². The smallest absolute Gasteiger partial charge is 0.310 e. The quantitative estimate of drug-likeness (QED) is 0.603. The molecule has 2 aromatic rings. The fourth-order valence-electron chi connectivity index (χ4n) is 2.59. The first-order chi connectivity index (χ1) is 12.6. The zero-order valence-electron chi connectivity index (χ0n) is 15.8. The van der Waals surface area contributed by atoms with Gasteiger partial charge in [-0.15, -0.1) is 0 Å². The molecule has 9 nitrogen and oxygen atoms in total. The third kappa shape index (κ3) is 4.91. The van der Waals surface area contributed by atoms with E-state index in [4.69, 9.17) is 4.74 Å². The van der Waals surface area contributed by atoms with Gasteiger partial charge in [0, 0.05) is 19.4 Å². The van der Waals surface area contributed by atoms with Crippen molar-refractivity contribution in [3.8, 4) is 5.75 Å². The van der Waals surface area contributed by atoms with Crippen molar-refractivity contribution in [3.05, 3.63) is 42.0 Å². The van der Waals surface area contributed by atoms with Gasteiger partial charge in [0.15, 0.2) is 5.72 Å². The fraction of sp³-hybridized carbons (Fsp3) is 0.333. The van der Waals surface area contributed by atoms with E-state index >= 15 is 0 Å². The molecule has 0 radical (unpaired) electrons. The predicted octanol–water partition coefficient (Wildman–Crippen LogP) is 1.71. The van der Waals surface area contributed by atoms with Crippen molar-refractivity contribution in [1.29, 1.82) is 0 Å². The summed E-state index contributed by atoms with van der Waals surface area (Å²) in [6.07, 6.45) is 3.21. The van der Waals surface area contributed by atoms with Gasteiger partial charge in [0.05, 0.1) is 18.5 Å². The molecule has 1 aromatic heterocycles. The third-order valence-corrected chi connectivity index (χ3v) is 3.55. The number of carbonyl (C=O) groups is 2. The molecular formula is C18H22N4O5. The standard InChI is InChI=1S/C14H16N4O2.C4H6O3/c1-9-15-8-16-18(9)11-7-14(2,19)17-13-10(11)5-4-6-12(13)20-3;1-3(5)7-4(2)6/h4-8,17,19H,1-3H3;1-2H3. The molecule has 1 aliphatic heterocycles. The Kier molecular flexibility index (Phi) is 5.96. The maximum atomic E-state index is 10.4. The zero-order chi connectivity index (χ0) is 20.2. The normalized spacial score (nSPS) is 17.5. The van der Waals surface area contributed by atoms with E-state index in [9.17, 15) is 14.7 Å². The second-order valence-corrected chi connectivity index (χ2v) is 5.99. The van der Waals surface area contributed by atoms with E-state index in [1.54, 1.807) is 24.8 Å². The molecule has 27 heavy (non-hydrogen) atoms. The number of nitrogens with zero attached hydrogens (tertiary/aromatic N) is 3. The van der Waals surface area contributed by atoms with Gasteiger partial charge in [-0.3, -0.25) is 9.59 Å². The van der Waals surface area contributed by atoms with E-state index in [2.05, 4.69) is 20.1 Å². The highest BCUT2D eigenvalue weighted by Crippen LogP contribution is 2.39. The molecule has 0 amide bonds. The Balaban J connectivity index is 0.000000321. The van der Waals surface area contributed by atoms with Crippen molar-refractivity contribution in [1.82, 2.24) is 14.8 Å². The summed E-state index contributed by atoms with van der Waals surface area (Å²) in [4.78, 5) is 23.8. The van der Waals surface area contributed by atoms with Crippen LogP contribution in [0, 0.1) is 6.92 Å². The average molecular weight is 374 g/mol. The number of fused-ring (bicyclic) bond motifs is 1. The van der Waals surface area contributed by atoms with Crippen LogP contribution in [0.15, 0.2) is 30.6 Å². The molecule has 0 aliphatic carbocycles. The van der Waals surface area contributed by atoms with Gasteiger partial charge in [0.1, 0.15) is 17.9 Å². The number of aliphatic hydroxyl groups is 1. The molecule has 2 heterocycles. The number of aryl methyl sites for hydroxylation is 1. The van der Waals surface area contributed by atoms with E-state index in [0.717, 1.165) is 22.8 Å². The molecule has 1 aliphatic rings. The molecular weight excluding hydrogens is 352 g/mol. The Hall–Kier alpha value is -3.20. The number of anilines is 1. The number of rotatable bonds is 2. The minimum Gasteiger partial charge on any atom is -0.495 e. The molecule has 0 saturated carbocycles. The minimum absolute atomic E-state index is 0.562. The molecule has 144 valence electrons. The van der Waals surface area contributed by atoms with Crippen LogP contribution in [0.3, 0.4) is 0 Å². The van der Waals surface area contributed by atoms with Crippen molar-refractivity contribution in [2.75, 3.05) is 12.4 Å². The number of esters is 2. The van der Waals surface area contributed by atoms with Crippen LogP contribution in [0.1, 0.15) is 32.2 Å². The lowest BCUT2D eigenvalue weighted by molar-refractivity contribution is -0.156. The van der Waals surface area contributed by atoms with Crippen molar-refractivity contribution in [2.24, 2.45) is 0 Å². The summed E-state index contributed by atoms with van der Waals surface area (Å²) in [5.74, 6) is 0.300. The Morgan fingerprint density at radius 2 is 1.93 bits per heavy atom. The maximum Gasteiger partial charge on any atom is 0.310 e. The van der Waals surface area contributed by atoms with Crippen LogP contribution in [-0.2, 0) is 14.3 Å². The largest absolute Gasteiger partial charge is 0.495 e. The Labute approximate surface area is 156 Å². The number of nitrogens with one attached hydrogen (secondary N) is 1. The lowest BCUT2D eigenvalue weighted by Crippen LogP contribution is -2.36. The van der Waals surface area contributed by atoms with Crippen molar-refractivity contribution in [2.45, 2.75) is 33.4 Å². The first kappa shape index (κ1) is 20.1. The van der Waals surface area contributed by atoms with Gasteiger partial charge in [-0.25, -0.2) is 9.67 Å². The number of carbonyl (C=O) groups excluding carboxylic acids is 2. The molecule has 0 fully saturated rings. The molecule has 1 unspecified atom stereocenters. The molecule has 0 bridgehead atoms. The van der Waals surface area contributed by atoms with Crippen LogP contribution >= 0.6 is 0 Å². The average Bonchev–Trinajstić information content (AvgIpc) is 2.98. The number of hydrogen-bond donors (Lipinski definition) is 2. The summed E-state index contributed by atoms with van der Waals surface area (Å²) < 4.78 is 11.0. The van der Waals surface area contributed by atoms with E-state index in [0.29, 0.717) is 5.75 Å². The van der Waals surface area contributed by atoms with Crippen LogP contribution < -0.4 is 10.1 Å². The Bertz CT molecular complexity index is 874. The van der Waals surface area contributed by atoms with Crippen LogP contribution in [0.4, 0.5) is 5.69 Å². The highest BCUT2D eigenvalue weighted by molar-refractivity contribution is 5.84. The second kappa shape index (κ2) is 8.00. The van der Waals surface area contributed by atoms with E-state index < -0.39 is 17.7 Å². The highest BCUT2D eigenvalue weighted by Gasteiger charge is 2.29. The lowest BCUT2D eigenvalue weighted by Gasteiger charge is -2.31. The summed E-state index contributed by atoms with van der Waals surface area (Å²) in [6.45, 7) is 5.90.